The first-order valence-corrected chi connectivity index (χ1v) is 11.1. The molecule has 0 bridgehead atoms. The molecule has 1 atom stereocenters. The minimum atomic E-state index is -0.0743. The second-order valence-electron chi connectivity index (χ2n) is 8.55. The van der Waals surface area contributed by atoms with Gasteiger partial charge >= 0.3 is 0 Å². The van der Waals surface area contributed by atoms with Gasteiger partial charge in [-0.2, -0.15) is 0 Å². The number of hydrogen-bond acceptors (Lipinski definition) is 4. The number of rotatable bonds is 7. The van der Waals surface area contributed by atoms with Crippen LogP contribution in [0, 0.1) is 5.92 Å². The molecule has 3 heterocycles. The predicted octanol–water partition coefficient (Wildman–Crippen LogP) is 3.34. The lowest BCUT2D eigenvalue weighted by atomic mass is 9.98. The minimum Gasteiger partial charge on any atom is -0.493 e. The molecule has 160 valence electrons. The SMILES string of the molecule is O=C(NCc1ncc[nH]1)c1ccc(CC2CCN(Cc3ccc4c(c3)CCO4)C2)cc1. The maximum atomic E-state index is 12.3. The van der Waals surface area contributed by atoms with Gasteiger partial charge in [0.15, 0.2) is 0 Å². The number of ether oxygens (including phenoxy) is 1. The molecule has 3 aromatic rings. The fourth-order valence-electron chi connectivity index (χ4n) is 4.61. The van der Waals surface area contributed by atoms with Crippen LogP contribution in [0.3, 0.4) is 0 Å². The van der Waals surface area contributed by atoms with Gasteiger partial charge in [0.1, 0.15) is 11.6 Å². The number of hydrogen-bond donors (Lipinski definition) is 2. The van der Waals surface area contributed by atoms with Gasteiger partial charge in [-0.25, -0.2) is 4.98 Å². The molecule has 0 spiro atoms. The smallest absolute Gasteiger partial charge is 0.251 e. The molecule has 1 aromatic heterocycles. The third kappa shape index (κ3) is 4.80. The number of nitrogens with zero attached hydrogens (tertiary/aromatic N) is 2. The molecule has 2 N–H and O–H groups in total. The molecule has 0 saturated carbocycles. The zero-order valence-corrected chi connectivity index (χ0v) is 17.6. The summed E-state index contributed by atoms with van der Waals surface area (Å²) in [6, 6.07) is 14.7. The molecule has 2 aliphatic heterocycles. The van der Waals surface area contributed by atoms with Crippen molar-refractivity contribution in [1.82, 2.24) is 20.2 Å². The van der Waals surface area contributed by atoms with Crippen LogP contribution in [0.4, 0.5) is 0 Å². The Bertz CT molecular complexity index is 1030. The van der Waals surface area contributed by atoms with Crippen LogP contribution >= 0.6 is 0 Å². The Kier molecular flexibility index (Phi) is 5.71. The van der Waals surface area contributed by atoms with E-state index in [1.807, 2.05) is 12.1 Å². The maximum absolute atomic E-state index is 12.3. The minimum absolute atomic E-state index is 0.0743. The molecule has 2 aliphatic rings. The fraction of sp³-hybridized carbons (Fsp3) is 0.360. The fourth-order valence-corrected chi connectivity index (χ4v) is 4.61. The van der Waals surface area contributed by atoms with Gasteiger partial charge < -0.3 is 15.0 Å². The van der Waals surface area contributed by atoms with E-state index in [2.05, 4.69) is 50.5 Å². The Morgan fingerprint density at radius 1 is 1.19 bits per heavy atom. The molecule has 0 aliphatic carbocycles. The van der Waals surface area contributed by atoms with Gasteiger partial charge in [0.05, 0.1) is 13.2 Å². The summed E-state index contributed by atoms with van der Waals surface area (Å²) in [5, 5.41) is 2.89. The van der Waals surface area contributed by atoms with Crippen molar-refractivity contribution in [2.45, 2.75) is 32.4 Å². The predicted molar refractivity (Wildman–Crippen MR) is 119 cm³/mol. The first-order chi connectivity index (χ1) is 15.2. The lowest BCUT2D eigenvalue weighted by molar-refractivity contribution is 0.0950. The van der Waals surface area contributed by atoms with Crippen molar-refractivity contribution >= 4 is 5.91 Å². The van der Waals surface area contributed by atoms with Crippen LogP contribution in [0.5, 0.6) is 5.75 Å². The second kappa shape index (κ2) is 8.94. The summed E-state index contributed by atoms with van der Waals surface area (Å²) in [6.45, 7) is 4.50. The highest BCUT2D eigenvalue weighted by Crippen LogP contribution is 2.28. The van der Waals surface area contributed by atoms with Crippen molar-refractivity contribution in [2.24, 2.45) is 5.92 Å². The number of likely N-dealkylation sites (tertiary alicyclic amines) is 1. The third-order valence-corrected chi connectivity index (χ3v) is 6.24. The number of H-pyrrole nitrogens is 1. The molecule has 6 nitrogen and oxygen atoms in total. The zero-order valence-electron chi connectivity index (χ0n) is 17.6. The van der Waals surface area contributed by atoms with Gasteiger partial charge in [-0.05, 0) is 60.2 Å². The van der Waals surface area contributed by atoms with E-state index in [0.29, 0.717) is 18.0 Å². The van der Waals surface area contributed by atoms with Crippen molar-refractivity contribution in [3.05, 3.63) is 82.9 Å². The number of benzene rings is 2. The molecule has 1 amide bonds. The van der Waals surface area contributed by atoms with E-state index in [1.165, 1.54) is 23.1 Å². The number of aromatic nitrogens is 2. The summed E-state index contributed by atoms with van der Waals surface area (Å²) in [6.07, 6.45) is 6.74. The standard InChI is InChI=1S/C25H28N4O2/c30-25(28-15-24-26-9-10-27-24)21-4-1-18(2-5-21)13-20-7-11-29(17-20)16-19-3-6-23-22(14-19)8-12-31-23/h1-6,9-10,14,20H,7-8,11-13,15-17H2,(H,26,27)(H,28,30). The summed E-state index contributed by atoms with van der Waals surface area (Å²) < 4.78 is 5.62. The van der Waals surface area contributed by atoms with Crippen molar-refractivity contribution in [1.29, 1.82) is 0 Å². The molecular formula is C25H28N4O2. The topological polar surface area (TPSA) is 70.2 Å². The van der Waals surface area contributed by atoms with Crippen LogP contribution in [0.25, 0.3) is 0 Å². The molecule has 1 unspecified atom stereocenters. The zero-order chi connectivity index (χ0) is 21.0. The molecule has 0 radical (unpaired) electrons. The Hall–Kier alpha value is -3.12. The lowest BCUT2D eigenvalue weighted by Gasteiger charge is -2.17. The number of aromatic amines is 1. The molecule has 6 heteroatoms. The average molecular weight is 417 g/mol. The van der Waals surface area contributed by atoms with Gasteiger partial charge in [-0.1, -0.05) is 24.3 Å². The summed E-state index contributed by atoms with van der Waals surface area (Å²) >= 11 is 0. The van der Waals surface area contributed by atoms with Crippen LogP contribution in [-0.2, 0) is 25.9 Å². The molecular weight excluding hydrogens is 388 g/mol. The Morgan fingerprint density at radius 3 is 2.90 bits per heavy atom. The third-order valence-electron chi connectivity index (χ3n) is 6.24. The summed E-state index contributed by atoms with van der Waals surface area (Å²) in [4.78, 5) is 22.0. The molecule has 1 fully saturated rings. The average Bonchev–Trinajstić information content (AvgIpc) is 3.55. The number of carbonyl (C=O) groups is 1. The van der Waals surface area contributed by atoms with E-state index in [-0.39, 0.29) is 5.91 Å². The monoisotopic (exact) mass is 416 g/mol. The van der Waals surface area contributed by atoms with Crippen LogP contribution in [-0.4, -0.2) is 40.5 Å². The lowest BCUT2D eigenvalue weighted by Crippen LogP contribution is -2.23. The highest BCUT2D eigenvalue weighted by atomic mass is 16.5. The van der Waals surface area contributed by atoms with Gasteiger partial charge in [-0.15, -0.1) is 0 Å². The summed E-state index contributed by atoms with van der Waals surface area (Å²) in [7, 11) is 0. The van der Waals surface area contributed by atoms with Crippen molar-refractivity contribution in [3.63, 3.8) is 0 Å². The number of amides is 1. The first-order valence-electron chi connectivity index (χ1n) is 11.1. The molecule has 1 saturated heterocycles. The maximum Gasteiger partial charge on any atom is 0.251 e. The highest BCUT2D eigenvalue weighted by molar-refractivity contribution is 5.94. The normalized spacial score (nSPS) is 18.0. The van der Waals surface area contributed by atoms with E-state index in [9.17, 15) is 4.79 Å². The second-order valence-corrected chi connectivity index (χ2v) is 8.55. The summed E-state index contributed by atoms with van der Waals surface area (Å²) in [5.41, 5.74) is 4.71. The van der Waals surface area contributed by atoms with Gasteiger partial charge in [-0.3, -0.25) is 9.69 Å². The van der Waals surface area contributed by atoms with Gasteiger partial charge in [0.25, 0.3) is 5.91 Å². The van der Waals surface area contributed by atoms with Crippen LogP contribution in [0.2, 0.25) is 0 Å². The number of carbonyl (C=O) groups excluding carboxylic acids is 1. The van der Waals surface area contributed by atoms with Crippen molar-refractivity contribution in [2.75, 3.05) is 19.7 Å². The van der Waals surface area contributed by atoms with Gasteiger partial charge in [0, 0.05) is 37.5 Å². The van der Waals surface area contributed by atoms with Gasteiger partial charge in [0.2, 0.25) is 0 Å². The van der Waals surface area contributed by atoms with E-state index in [4.69, 9.17) is 4.74 Å². The first kappa shape index (κ1) is 19.8. The van der Waals surface area contributed by atoms with E-state index >= 15 is 0 Å². The quantitative estimate of drug-likeness (QED) is 0.620. The Morgan fingerprint density at radius 2 is 2.06 bits per heavy atom. The van der Waals surface area contributed by atoms with Crippen LogP contribution < -0.4 is 10.1 Å². The summed E-state index contributed by atoms with van der Waals surface area (Å²) in [5.74, 6) is 2.40. The molecule has 31 heavy (non-hydrogen) atoms. The number of nitrogens with one attached hydrogen (secondary N) is 2. The van der Waals surface area contributed by atoms with Crippen molar-refractivity contribution < 1.29 is 9.53 Å². The van der Waals surface area contributed by atoms with E-state index < -0.39 is 0 Å². The van der Waals surface area contributed by atoms with Crippen LogP contribution in [0.15, 0.2) is 54.9 Å². The Labute approximate surface area is 182 Å². The molecule has 5 rings (SSSR count). The molecule has 2 aromatic carbocycles. The Balaban J connectivity index is 1.11. The highest BCUT2D eigenvalue weighted by Gasteiger charge is 2.23. The van der Waals surface area contributed by atoms with E-state index in [0.717, 1.165) is 50.7 Å². The van der Waals surface area contributed by atoms with Crippen LogP contribution in [0.1, 0.15) is 39.3 Å². The van der Waals surface area contributed by atoms with Crippen molar-refractivity contribution in [3.8, 4) is 5.75 Å². The largest absolute Gasteiger partial charge is 0.493 e. The van der Waals surface area contributed by atoms with E-state index in [1.54, 1.807) is 12.4 Å². The number of fused-ring (bicyclic) bond motifs is 1. The number of imidazole rings is 1.